The molecule has 0 spiro atoms. The smallest absolute Gasteiger partial charge is 0.322 e. The van der Waals surface area contributed by atoms with Crippen LogP contribution >= 0.6 is 11.6 Å². The Morgan fingerprint density at radius 2 is 1.87 bits per heavy atom. The summed E-state index contributed by atoms with van der Waals surface area (Å²) < 4.78 is 66.2. The van der Waals surface area contributed by atoms with Gasteiger partial charge in [-0.1, -0.05) is 17.5 Å². The number of pyridine rings is 2. The third-order valence-electron chi connectivity index (χ3n) is 3.87. The molecule has 0 saturated heterocycles. The molecule has 1 N–H and O–H groups in total. The number of terminal acetylenes is 1. The Morgan fingerprint density at radius 3 is 2.53 bits per heavy atom. The van der Waals surface area contributed by atoms with Gasteiger partial charge in [-0.25, -0.2) is 8.78 Å². The van der Waals surface area contributed by atoms with Gasteiger partial charge in [0.1, 0.15) is 17.3 Å². The number of aromatic nitrogens is 2. The molecule has 152 valence electrons. The van der Waals surface area contributed by atoms with Gasteiger partial charge >= 0.3 is 6.18 Å². The lowest BCUT2D eigenvalue weighted by Gasteiger charge is -2.12. The molecular formula is C20H9ClF5N3O. The number of hydrogen-bond acceptors (Lipinski definition) is 3. The highest BCUT2D eigenvalue weighted by Crippen LogP contribution is 2.31. The molecule has 3 rings (SSSR count). The summed E-state index contributed by atoms with van der Waals surface area (Å²) in [7, 11) is 0. The van der Waals surface area contributed by atoms with E-state index in [-0.39, 0.29) is 33.1 Å². The molecular weight excluding hydrogens is 429 g/mol. The van der Waals surface area contributed by atoms with E-state index < -0.39 is 29.4 Å². The van der Waals surface area contributed by atoms with E-state index in [9.17, 15) is 26.7 Å². The van der Waals surface area contributed by atoms with Crippen molar-refractivity contribution < 1.29 is 26.7 Å². The fourth-order valence-corrected chi connectivity index (χ4v) is 2.78. The topological polar surface area (TPSA) is 54.9 Å². The van der Waals surface area contributed by atoms with Gasteiger partial charge in [-0.2, -0.15) is 13.2 Å². The van der Waals surface area contributed by atoms with Gasteiger partial charge in [-0.05, 0) is 30.3 Å². The summed E-state index contributed by atoms with van der Waals surface area (Å²) in [5.74, 6) is -0.427. The van der Waals surface area contributed by atoms with Crippen molar-refractivity contribution in [2.24, 2.45) is 0 Å². The van der Waals surface area contributed by atoms with E-state index in [0.29, 0.717) is 6.07 Å². The monoisotopic (exact) mass is 437 g/mol. The predicted octanol–water partition coefficient (Wildman–Crippen LogP) is 5.33. The maximum atomic E-state index is 14.7. The maximum Gasteiger partial charge on any atom is 0.433 e. The SMILES string of the molecule is C#Cc1cc(F)cnc1-c1cc(Cl)c(C(=O)Nc2ccnc(C(F)(F)F)c2)cc1F. The van der Waals surface area contributed by atoms with E-state index >= 15 is 0 Å². The van der Waals surface area contributed by atoms with Crippen LogP contribution in [0.5, 0.6) is 0 Å². The highest BCUT2D eigenvalue weighted by molar-refractivity contribution is 6.34. The van der Waals surface area contributed by atoms with Crippen LogP contribution in [0.3, 0.4) is 0 Å². The predicted molar refractivity (Wildman–Crippen MR) is 99.7 cm³/mol. The molecule has 4 nitrogen and oxygen atoms in total. The number of rotatable bonds is 3. The molecule has 0 aliphatic carbocycles. The quantitative estimate of drug-likeness (QED) is 0.445. The van der Waals surface area contributed by atoms with Gasteiger partial charge in [-0.3, -0.25) is 14.8 Å². The second kappa shape index (κ2) is 8.08. The Kier molecular flexibility index (Phi) is 5.71. The Bertz CT molecular complexity index is 1190. The minimum absolute atomic E-state index is 0.0290. The maximum absolute atomic E-state index is 14.7. The molecule has 0 aliphatic rings. The fraction of sp³-hybridized carbons (Fsp3) is 0.0500. The van der Waals surface area contributed by atoms with Crippen molar-refractivity contribution in [2.45, 2.75) is 6.18 Å². The van der Waals surface area contributed by atoms with Crippen LogP contribution in [0.2, 0.25) is 5.02 Å². The normalized spacial score (nSPS) is 11.1. The number of amides is 1. The molecule has 0 radical (unpaired) electrons. The van der Waals surface area contributed by atoms with Crippen molar-refractivity contribution in [1.82, 2.24) is 9.97 Å². The van der Waals surface area contributed by atoms with Crippen LogP contribution in [-0.2, 0) is 6.18 Å². The molecule has 0 saturated carbocycles. The van der Waals surface area contributed by atoms with Crippen LogP contribution in [0.4, 0.5) is 27.6 Å². The van der Waals surface area contributed by atoms with E-state index in [1.54, 1.807) is 0 Å². The zero-order valence-corrected chi connectivity index (χ0v) is 15.4. The first kappa shape index (κ1) is 21.2. The van der Waals surface area contributed by atoms with Gasteiger partial charge in [0.05, 0.1) is 28.0 Å². The first-order valence-electron chi connectivity index (χ1n) is 8.06. The number of benzene rings is 1. The van der Waals surface area contributed by atoms with Gasteiger partial charge < -0.3 is 5.32 Å². The summed E-state index contributed by atoms with van der Waals surface area (Å²) in [4.78, 5) is 19.3. The first-order valence-corrected chi connectivity index (χ1v) is 8.44. The van der Waals surface area contributed by atoms with Crippen molar-refractivity contribution in [2.75, 3.05) is 5.32 Å². The average Bonchev–Trinajstić information content (AvgIpc) is 2.69. The summed E-state index contributed by atoms with van der Waals surface area (Å²) in [5.41, 5.74) is -2.02. The van der Waals surface area contributed by atoms with Crippen LogP contribution in [0.15, 0.2) is 42.7 Å². The molecule has 2 heterocycles. The summed E-state index contributed by atoms with van der Waals surface area (Å²) in [6.07, 6.45) is 2.29. The summed E-state index contributed by atoms with van der Waals surface area (Å²) in [5, 5.41) is 1.98. The summed E-state index contributed by atoms with van der Waals surface area (Å²) >= 11 is 6.07. The Balaban J connectivity index is 1.95. The first-order chi connectivity index (χ1) is 14.1. The average molecular weight is 438 g/mol. The lowest BCUT2D eigenvalue weighted by atomic mass is 10.0. The molecule has 0 unspecified atom stereocenters. The number of halogens is 6. The van der Waals surface area contributed by atoms with Gasteiger partial charge in [-0.15, -0.1) is 6.42 Å². The van der Waals surface area contributed by atoms with Crippen LogP contribution in [0.25, 0.3) is 11.3 Å². The molecule has 0 atom stereocenters. The molecule has 10 heteroatoms. The Hall–Kier alpha value is -3.51. The van der Waals surface area contributed by atoms with Gasteiger partial charge in [0.15, 0.2) is 0 Å². The molecule has 30 heavy (non-hydrogen) atoms. The van der Waals surface area contributed by atoms with E-state index in [4.69, 9.17) is 18.0 Å². The summed E-state index contributed by atoms with van der Waals surface area (Å²) in [6.45, 7) is 0. The van der Waals surface area contributed by atoms with Crippen LogP contribution in [-0.4, -0.2) is 15.9 Å². The molecule has 0 fully saturated rings. The second-order valence-corrected chi connectivity index (χ2v) is 6.29. The van der Waals surface area contributed by atoms with E-state index in [2.05, 4.69) is 21.2 Å². The molecule has 1 amide bonds. The van der Waals surface area contributed by atoms with Gasteiger partial charge in [0, 0.05) is 17.4 Å². The number of anilines is 1. The summed E-state index contributed by atoms with van der Waals surface area (Å²) in [6, 6.07) is 4.59. The highest BCUT2D eigenvalue weighted by Gasteiger charge is 2.32. The number of nitrogens with zero attached hydrogens (tertiary/aromatic N) is 2. The van der Waals surface area contributed by atoms with Crippen molar-refractivity contribution in [3.8, 4) is 23.6 Å². The van der Waals surface area contributed by atoms with E-state index in [1.807, 2.05) is 0 Å². The van der Waals surface area contributed by atoms with E-state index in [1.165, 1.54) is 0 Å². The third kappa shape index (κ3) is 4.39. The minimum Gasteiger partial charge on any atom is -0.322 e. The standard InChI is InChI=1S/C20H9ClF5N3O/c1-2-10-5-11(22)9-28-18(10)14-7-15(21)13(8-16(14)23)19(30)29-12-3-4-27-17(6-12)20(24,25)26/h1,3-9H,(H,27,29,30). The largest absolute Gasteiger partial charge is 0.433 e. The van der Waals surface area contributed by atoms with Gasteiger partial charge in [0.25, 0.3) is 5.91 Å². The van der Waals surface area contributed by atoms with Crippen LogP contribution in [0, 0.1) is 24.0 Å². The molecule has 0 aliphatic heterocycles. The third-order valence-corrected chi connectivity index (χ3v) is 4.19. The lowest BCUT2D eigenvalue weighted by molar-refractivity contribution is -0.141. The zero-order valence-electron chi connectivity index (χ0n) is 14.7. The van der Waals surface area contributed by atoms with E-state index in [0.717, 1.165) is 36.7 Å². The second-order valence-electron chi connectivity index (χ2n) is 5.89. The molecule has 2 aromatic heterocycles. The van der Waals surface area contributed by atoms with Crippen molar-refractivity contribution >= 4 is 23.2 Å². The van der Waals surface area contributed by atoms with Crippen molar-refractivity contribution in [1.29, 1.82) is 0 Å². The minimum atomic E-state index is -4.71. The Labute approximate surface area is 171 Å². The molecule has 0 bridgehead atoms. The fourth-order valence-electron chi connectivity index (χ4n) is 2.53. The zero-order chi connectivity index (χ0) is 22.1. The van der Waals surface area contributed by atoms with Crippen molar-refractivity contribution in [3.63, 3.8) is 0 Å². The Morgan fingerprint density at radius 1 is 1.13 bits per heavy atom. The number of carbonyl (C=O) groups excluding carboxylic acids is 1. The lowest BCUT2D eigenvalue weighted by Crippen LogP contribution is -2.15. The van der Waals surface area contributed by atoms with Crippen LogP contribution in [0.1, 0.15) is 21.6 Å². The number of hydrogen-bond donors (Lipinski definition) is 1. The molecule has 1 aromatic carbocycles. The molecule has 3 aromatic rings. The van der Waals surface area contributed by atoms with Crippen LogP contribution < -0.4 is 5.32 Å². The highest BCUT2D eigenvalue weighted by atomic mass is 35.5. The van der Waals surface area contributed by atoms with Crippen molar-refractivity contribution in [3.05, 3.63) is 76.2 Å². The number of alkyl halides is 3. The number of carbonyl (C=O) groups is 1. The van der Waals surface area contributed by atoms with Gasteiger partial charge in [0.2, 0.25) is 0 Å². The number of nitrogens with one attached hydrogen (secondary N) is 1.